The van der Waals surface area contributed by atoms with Crippen LogP contribution in [-0.4, -0.2) is 53.9 Å². The molecule has 2 fully saturated rings. The minimum absolute atomic E-state index is 0.0513. The number of halogens is 2. The summed E-state index contributed by atoms with van der Waals surface area (Å²) in [5, 5.41) is 2.61. The topological polar surface area (TPSA) is 79.0 Å². The van der Waals surface area contributed by atoms with Gasteiger partial charge in [-0.15, -0.1) is 0 Å². The van der Waals surface area contributed by atoms with Crippen LogP contribution in [0.1, 0.15) is 45.1 Å². The number of carbonyl (C=O) groups is 3. The van der Waals surface area contributed by atoms with Gasteiger partial charge in [0, 0.05) is 13.1 Å². The highest BCUT2D eigenvalue weighted by Gasteiger charge is 2.49. The van der Waals surface area contributed by atoms with Gasteiger partial charge in [0.15, 0.2) is 0 Å². The van der Waals surface area contributed by atoms with Gasteiger partial charge in [-0.1, -0.05) is 19.1 Å². The minimum Gasteiger partial charge on any atom is -0.435 e. The molecular weight excluding hydrogens is 396 g/mol. The Bertz CT molecular complexity index is 809. The molecule has 1 atom stereocenters. The van der Waals surface area contributed by atoms with E-state index in [9.17, 15) is 23.2 Å². The van der Waals surface area contributed by atoms with Gasteiger partial charge in [-0.2, -0.15) is 8.78 Å². The molecule has 2 aliphatic rings. The van der Waals surface area contributed by atoms with E-state index in [1.807, 2.05) is 0 Å². The predicted molar refractivity (Wildman–Crippen MR) is 105 cm³/mol. The first-order valence-corrected chi connectivity index (χ1v) is 10.1. The molecule has 0 aromatic heterocycles. The summed E-state index contributed by atoms with van der Waals surface area (Å²) in [5.41, 5.74) is -0.980. The molecule has 1 N–H and O–H groups in total. The molecule has 1 saturated heterocycles. The smallest absolute Gasteiger partial charge is 0.387 e. The van der Waals surface area contributed by atoms with Crippen LogP contribution in [0.15, 0.2) is 24.3 Å². The zero-order chi connectivity index (χ0) is 22.1. The lowest BCUT2D eigenvalue weighted by Crippen LogP contribution is -2.47. The number of hydrogen-bond acceptors (Lipinski definition) is 4. The van der Waals surface area contributed by atoms with Crippen molar-refractivity contribution in [3.05, 3.63) is 29.8 Å². The van der Waals surface area contributed by atoms with Crippen LogP contribution in [0.2, 0.25) is 0 Å². The summed E-state index contributed by atoms with van der Waals surface area (Å²) in [4.78, 5) is 40.7. The second-order valence-corrected chi connectivity index (χ2v) is 8.27. The first kappa shape index (κ1) is 22.0. The SMILES string of the molecule is CC1CCC(N(C)C(=O)CN2C(=O)N[C@@](C)(c3ccc(OC(F)F)cc3)C2=O)CC1. The van der Waals surface area contributed by atoms with Crippen molar-refractivity contribution in [1.29, 1.82) is 0 Å². The summed E-state index contributed by atoms with van der Waals surface area (Å²) in [6, 6.07) is 4.94. The van der Waals surface area contributed by atoms with E-state index in [-0.39, 0.29) is 24.2 Å². The number of imide groups is 1. The van der Waals surface area contributed by atoms with Crippen molar-refractivity contribution in [3.63, 3.8) is 0 Å². The van der Waals surface area contributed by atoms with Gasteiger partial charge in [-0.25, -0.2) is 4.79 Å². The number of alkyl halides is 2. The lowest BCUT2D eigenvalue weighted by atomic mass is 9.87. The van der Waals surface area contributed by atoms with Gasteiger partial charge in [0.05, 0.1) is 0 Å². The Labute approximate surface area is 174 Å². The number of benzene rings is 1. The van der Waals surface area contributed by atoms with Crippen LogP contribution in [0.25, 0.3) is 0 Å². The molecule has 0 unspecified atom stereocenters. The monoisotopic (exact) mass is 423 g/mol. The van der Waals surface area contributed by atoms with Gasteiger partial charge in [-0.3, -0.25) is 14.5 Å². The van der Waals surface area contributed by atoms with Crippen molar-refractivity contribution in [3.8, 4) is 5.75 Å². The van der Waals surface area contributed by atoms with E-state index >= 15 is 0 Å². The van der Waals surface area contributed by atoms with Gasteiger partial charge in [-0.05, 0) is 56.2 Å². The molecule has 7 nitrogen and oxygen atoms in total. The minimum atomic E-state index is -2.95. The Hall–Kier alpha value is -2.71. The fourth-order valence-corrected chi connectivity index (χ4v) is 4.09. The molecule has 0 radical (unpaired) electrons. The third kappa shape index (κ3) is 4.39. The molecule has 30 heavy (non-hydrogen) atoms. The van der Waals surface area contributed by atoms with Crippen molar-refractivity contribution in [2.24, 2.45) is 5.92 Å². The number of amides is 4. The Balaban J connectivity index is 1.68. The maximum atomic E-state index is 13.0. The molecule has 164 valence electrons. The molecule has 9 heteroatoms. The molecule has 3 rings (SSSR count). The van der Waals surface area contributed by atoms with E-state index in [0.29, 0.717) is 11.5 Å². The quantitative estimate of drug-likeness (QED) is 0.714. The van der Waals surface area contributed by atoms with E-state index in [4.69, 9.17) is 0 Å². The Morgan fingerprint density at radius 3 is 2.40 bits per heavy atom. The average molecular weight is 423 g/mol. The number of urea groups is 1. The number of ether oxygens (including phenoxy) is 1. The van der Waals surface area contributed by atoms with E-state index < -0.39 is 24.1 Å². The molecule has 1 aliphatic carbocycles. The predicted octanol–water partition coefficient (Wildman–Crippen LogP) is 3.09. The Morgan fingerprint density at radius 2 is 1.83 bits per heavy atom. The van der Waals surface area contributed by atoms with Crippen LogP contribution >= 0.6 is 0 Å². The third-order valence-electron chi connectivity index (χ3n) is 6.15. The fraction of sp³-hybridized carbons (Fsp3) is 0.571. The van der Waals surface area contributed by atoms with Crippen molar-refractivity contribution < 1.29 is 27.9 Å². The third-order valence-corrected chi connectivity index (χ3v) is 6.15. The zero-order valence-electron chi connectivity index (χ0n) is 17.4. The second-order valence-electron chi connectivity index (χ2n) is 8.27. The average Bonchev–Trinajstić information content (AvgIpc) is 2.92. The van der Waals surface area contributed by atoms with Crippen LogP contribution in [-0.2, 0) is 15.1 Å². The standard InChI is InChI=1S/C21H27F2N3O4/c1-13-4-8-15(9-5-13)25(3)17(27)12-26-18(28)21(2,24-20(26)29)14-6-10-16(11-7-14)30-19(22)23/h6-7,10-11,13,15,19H,4-5,8-9,12H2,1-3H3,(H,24,29)/t13?,15?,21-/m0/s1. The zero-order valence-corrected chi connectivity index (χ0v) is 17.4. The molecule has 1 aromatic carbocycles. The van der Waals surface area contributed by atoms with Crippen LogP contribution in [0, 0.1) is 5.92 Å². The molecule has 1 heterocycles. The number of nitrogens with one attached hydrogen (secondary N) is 1. The fourth-order valence-electron chi connectivity index (χ4n) is 4.09. The Morgan fingerprint density at radius 1 is 1.23 bits per heavy atom. The number of hydrogen-bond donors (Lipinski definition) is 1. The maximum absolute atomic E-state index is 13.0. The van der Waals surface area contributed by atoms with Crippen molar-refractivity contribution in [2.75, 3.05) is 13.6 Å². The molecule has 0 bridgehead atoms. The lowest BCUT2D eigenvalue weighted by Gasteiger charge is -2.34. The maximum Gasteiger partial charge on any atom is 0.387 e. The van der Waals surface area contributed by atoms with Gasteiger partial charge in [0.1, 0.15) is 17.8 Å². The summed E-state index contributed by atoms with van der Waals surface area (Å²) < 4.78 is 29.0. The van der Waals surface area contributed by atoms with Crippen LogP contribution in [0.4, 0.5) is 13.6 Å². The lowest BCUT2D eigenvalue weighted by molar-refractivity contribution is -0.139. The number of rotatable bonds is 6. The first-order chi connectivity index (χ1) is 14.1. The van der Waals surface area contributed by atoms with Crippen LogP contribution < -0.4 is 10.1 Å². The van der Waals surface area contributed by atoms with Gasteiger partial charge < -0.3 is 15.0 Å². The number of nitrogens with zero attached hydrogens (tertiary/aromatic N) is 2. The summed E-state index contributed by atoms with van der Waals surface area (Å²) in [5.74, 6) is -0.254. The van der Waals surface area contributed by atoms with Gasteiger partial charge >= 0.3 is 12.6 Å². The summed E-state index contributed by atoms with van der Waals surface area (Å²) in [6.07, 6.45) is 3.92. The van der Waals surface area contributed by atoms with Crippen LogP contribution in [0.3, 0.4) is 0 Å². The first-order valence-electron chi connectivity index (χ1n) is 10.1. The van der Waals surface area contributed by atoms with Crippen molar-refractivity contribution >= 4 is 17.8 Å². The van der Waals surface area contributed by atoms with Gasteiger partial charge in [0.2, 0.25) is 5.91 Å². The molecule has 1 aliphatic heterocycles. The normalized spacial score (nSPS) is 26.7. The molecule has 0 spiro atoms. The second kappa shape index (κ2) is 8.57. The molecule has 1 aromatic rings. The number of carbonyl (C=O) groups excluding carboxylic acids is 3. The summed E-state index contributed by atoms with van der Waals surface area (Å²) in [7, 11) is 1.71. The molecular formula is C21H27F2N3O4. The van der Waals surface area contributed by atoms with E-state index in [2.05, 4.69) is 17.0 Å². The highest BCUT2D eigenvalue weighted by Crippen LogP contribution is 2.31. The molecule has 4 amide bonds. The van der Waals surface area contributed by atoms with Gasteiger partial charge in [0.25, 0.3) is 5.91 Å². The van der Waals surface area contributed by atoms with E-state index in [0.717, 1.165) is 30.6 Å². The van der Waals surface area contributed by atoms with Crippen molar-refractivity contribution in [2.45, 2.75) is 57.7 Å². The molecule has 1 saturated carbocycles. The summed E-state index contributed by atoms with van der Waals surface area (Å²) >= 11 is 0. The highest BCUT2D eigenvalue weighted by molar-refractivity contribution is 6.09. The van der Waals surface area contributed by atoms with E-state index in [1.165, 1.54) is 31.2 Å². The van der Waals surface area contributed by atoms with Crippen molar-refractivity contribution in [1.82, 2.24) is 15.1 Å². The van der Waals surface area contributed by atoms with E-state index in [1.54, 1.807) is 11.9 Å². The largest absolute Gasteiger partial charge is 0.435 e. The highest BCUT2D eigenvalue weighted by atomic mass is 19.3. The summed E-state index contributed by atoms with van der Waals surface area (Å²) in [6.45, 7) is 0.422. The Kier molecular flexibility index (Phi) is 6.28. The van der Waals surface area contributed by atoms with Crippen LogP contribution in [0.5, 0.6) is 5.75 Å². The number of likely N-dealkylation sites (N-methyl/N-ethyl adjacent to an activating group) is 1.